The lowest BCUT2D eigenvalue weighted by atomic mass is 9.97. The molecule has 3 heteroatoms. The molecule has 0 radical (unpaired) electrons. The summed E-state index contributed by atoms with van der Waals surface area (Å²) in [5, 5.41) is 10.7. The van der Waals surface area contributed by atoms with E-state index in [2.05, 4.69) is 4.90 Å². The summed E-state index contributed by atoms with van der Waals surface area (Å²) in [5.74, 6) is 1.72. The van der Waals surface area contributed by atoms with Gasteiger partial charge in [0.25, 0.3) is 0 Å². The second kappa shape index (κ2) is 4.50. The van der Waals surface area contributed by atoms with Crippen molar-refractivity contribution < 1.29 is 9.84 Å². The van der Waals surface area contributed by atoms with E-state index in [1.54, 1.807) is 0 Å². The van der Waals surface area contributed by atoms with Crippen LogP contribution in [-0.4, -0.2) is 35.2 Å². The minimum absolute atomic E-state index is 0.142. The standard InChI is InChI=1S/C16H21NO2/c18-16-13-3-1-2-4-15(13)19-10-14(16)17(12-7-8-12)9-11-5-6-11/h1-4,11-12,14,16,18H,5-10H2. The van der Waals surface area contributed by atoms with Crippen LogP contribution < -0.4 is 4.74 Å². The fourth-order valence-corrected chi connectivity index (χ4v) is 3.17. The van der Waals surface area contributed by atoms with Crippen molar-refractivity contribution in [2.24, 2.45) is 5.92 Å². The third-order valence-electron chi connectivity index (χ3n) is 4.62. The molecule has 1 heterocycles. The van der Waals surface area contributed by atoms with Crippen molar-refractivity contribution in [1.82, 2.24) is 4.90 Å². The number of rotatable bonds is 4. The Morgan fingerprint density at radius 3 is 2.68 bits per heavy atom. The summed E-state index contributed by atoms with van der Waals surface area (Å²) < 4.78 is 5.87. The molecule has 0 aromatic heterocycles. The Kier molecular flexibility index (Phi) is 2.78. The van der Waals surface area contributed by atoms with Crippen molar-refractivity contribution in [3.05, 3.63) is 29.8 Å². The number of hydrogen-bond donors (Lipinski definition) is 1. The fourth-order valence-electron chi connectivity index (χ4n) is 3.17. The number of fused-ring (bicyclic) bond motifs is 1. The van der Waals surface area contributed by atoms with Crippen molar-refractivity contribution >= 4 is 0 Å². The molecule has 2 atom stereocenters. The van der Waals surface area contributed by atoms with Gasteiger partial charge in [-0.3, -0.25) is 4.90 Å². The first-order valence-electron chi connectivity index (χ1n) is 7.48. The molecule has 19 heavy (non-hydrogen) atoms. The molecular formula is C16H21NO2. The average molecular weight is 259 g/mol. The Bertz CT molecular complexity index is 468. The zero-order valence-corrected chi connectivity index (χ0v) is 11.2. The van der Waals surface area contributed by atoms with Gasteiger partial charge >= 0.3 is 0 Å². The zero-order valence-electron chi connectivity index (χ0n) is 11.2. The molecule has 2 aliphatic carbocycles. The third-order valence-corrected chi connectivity index (χ3v) is 4.62. The van der Waals surface area contributed by atoms with Gasteiger partial charge in [-0.1, -0.05) is 18.2 Å². The molecule has 0 bridgehead atoms. The molecule has 1 N–H and O–H groups in total. The van der Waals surface area contributed by atoms with E-state index in [0.717, 1.165) is 23.8 Å². The van der Waals surface area contributed by atoms with Crippen molar-refractivity contribution in [3.8, 4) is 5.75 Å². The lowest BCUT2D eigenvalue weighted by molar-refractivity contribution is -0.00285. The summed E-state index contributed by atoms with van der Waals surface area (Å²) in [5.41, 5.74) is 0.959. The first-order chi connectivity index (χ1) is 9.33. The second-order valence-electron chi connectivity index (χ2n) is 6.23. The minimum atomic E-state index is -0.399. The summed E-state index contributed by atoms with van der Waals surface area (Å²) in [7, 11) is 0. The molecule has 3 nitrogen and oxygen atoms in total. The number of para-hydroxylation sites is 1. The maximum atomic E-state index is 10.7. The SMILES string of the molecule is OC1c2ccccc2OCC1N(CC1CC1)C1CC1. The van der Waals surface area contributed by atoms with Gasteiger partial charge in [0, 0.05) is 18.2 Å². The van der Waals surface area contributed by atoms with Crippen LogP contribution in [0.2, 0.25) is 0 Å². The van der Waals surface area contributed by atoms with Crippen LogP contribution in [0.1, 0.15) is 37.4 Å². The van der Waals surface area contributed by atoms with E-state index in [-0.39, 0.29) is 6.04 Å². The maximum absolute atomic E-state index is 10.7. The van der Waals surface area contributed by atoms with Gasteiger partial charge in [0.2, 0.25) is 0 Å². The molecule has 1 aromatic rings. The van der Waals surface area contributed by atoms with E-state index in [1.165, 1.54) is 25.7 Å². The van der Waals surface area contributed by atoms with Crippen LogP contribution in [0, 0.1) is 5.92 Å². The van der Waals surface area contributed by atoms with E-state index < -0.39 is 6.10 Å². The van der Waals surface area contributed by atoms with E-state index >= 15 is 0 Å². The predicted octanol–water partition coefficient (Wildman–Crippen LogP) is 2.36. The van der Waals surface area contributed by atoms with Gasteiger partial charge in [0.1, 0.15) is 18.5 Å². The Morgan fingerprint density at radius 2 is 1.95 bits per heavy atom. The summed E-state index contributed by atoms with van der Waals surface area (Å²) >= 11 is 0. The molecule has 0 spiro atoms. The average Bonchev–Trinajstić information content (AvgIpc) is 3.30. The lowest BCUT2D eigenvalue weighted by Gasteiger charge is -2.38. The molecule has 102 valence electrons. The van der Waals surface area contributed by atoms with Crippen molar-refractivity contribution in [3.63, 3.8) is 0 Å². The molecule has 2 saturated carbocycles. The fraction of sp³-hybridized carbons (Fsp3) is 0.625. The molecule has 4 rings (SSSR count). The lowest BCUT2D eigenvalue weighted by Crippen LogP contribution is -2.47. The van der Waals surface area contributed by atoms with Crippen LogP contribution in [0.3, 0.4) is 0 Å². The normalized spacial score (nSPS) is 30.0. The first-order valence-corrected chi connectivity index (χ1v) is 7.48. The monoisotopic (exact) mass is 259 g/mol. The largest absolute Gasteiger partial charge is 0.491 e. The summed E-state index contributed by atoms with van der Waals surface area (Å²) in [6.07, 6.45) is 4.91. The predicted molar refractivity (Wildman–Crippen MR) is 73.1 cm³/mol. The molecule has 3 aliphatic rings. The van der Waals surface area contributed by atoms with E-state index in [9.17, 15) is 5.11 Å². The van der Waals surface area contributed by atoms with E-state index in [4.69, 9.17) is 4.74 Å². The molecular weight excluding hydrogens is 238 g/mol. The van der Waals surface area contributed by atoms with Gasteiger partial charge in [0.05, 0.1) is 6.04 Å². The highest BCUT2D eigenvalue weighted by Crippen LogP contribution is 2.41. The van der Waals surface area contributed by atoms with Crippen molar-refractivity contribution in [2.45, 2.75) is 43.9 Å². The minimum Gasteiger partial charge on any atom is -0.491 e. The molecule has 0 saturated heterocycles. The Labute approximate surface area is 114 Å². The summed E-state index contributed by atoms with van der Waals surface area (Å²) in [4.78, 5) is 2.53. The Balaban J connectivity index is 1.57. The smallest absolute Gasteiger partial charge is 0.125 e. The number of hydrogen-bond acceptors (Lipinski definition) is 3. The molecule has 2 unspecified atom stereocenters. The highest BCUT2D eigenvalue weighted by atomic mass is 16.5. The molecule has 1 aromatic carbocycles. The highest BCUT2D eigenvalue weighted by molar-refractivity contribution is 5.37. The number of nitrogens with zero attached hydrogens (tertiary/aromatic N) is 1. The van der Waals surface area contributed by atoms with Crippen LogP contribution in [0.5, 0.6) is 5.75 Å². The van der Waals surface area contributed by atoms with Gasteiger partial charge < -0.3 is 9.84 Å². The molecule has 1 aliphatic heterocycles. The van der Waals surface area contributed by atoms with Gasteiger partial charge in [-0.15, -0.1) is 0 Å². The summed E-state index contributed by atoms with van der Waals surface area (Å²) in [6, 6.07) is 8.73. The van der Waals surface area contributed by atoms with Crippen LogP contribution >= 0.6 is 0 Å². The van der Waals surface area contributed by atoms with Crippen LogP contribution in [0.4, 0.5) is 0 Å². The van der Waals surface area contributed by atoms with Gasteiger partial charge in [-0.25, -0.2) is 0 Å². The third kappa shape index (κ3) is 2.26. The van der Waals surface area contributed by atoms with E-state index in [0.29, 0.717) is 12.6 Å². The number of aliphatic hydroxyl groups excluding tert-OH is 1. The van der Waals surface area contributed by atoms with E-state index in [1.807, 2.05) is 24.3 Å². The van der Waals surface area contributed by atoms with Crippen LogP contribution in [-0.2, 0) is 0 Å². The van der Waals surface area contributed by atoms with Gasteiger partial charge in [0.15, 0.2) is 0 Å². The Hall–Kier alpha value is -1.06. The number of aliphatic hydroxyl groups is 1. The van der Waals surface area contributed by atoms with Crippen molar-refractivity contribution in [2.75, 3.05) is 13.2 Å². The highest BCUT2D eigenvalue weighted by Gasteiger charge is 2.42. The first kappa shape index (κ1) is 11.7. The van der Waals surface area contributed by atoms with Crippen molar-refractivity contribution in [1.29, 1.82) is 0 Å². The summed E-state index contributed by atoms with van der Waals surface area (Å²) in [6.45, 7) is 1.78. The molecule has 0 amide bonds. The molecule has 2 fully saturated rings. The Morgan fingerprint density at radius 1 is 1.16 bits per heavy atom. The van der Waals surface area contributed by atoms with Crippen LogP contribution in [0.15, 0.2) is 24.3 Å². The quantitative estimate of drug-likeness (QED) is 0.901. The zero-order chi connectivity index (χ0) is 12.8. The number of ether oxygens (including phenoxy) is 1. The number of benzene rings is 1. The second-order valence-corrected chi connectivity index (χ2v) is 6.23. The maximum Gasteiger partial charge on any atom is 0.125 e. The topological polar surface area (TPSA) is 32.7 Å². The van der Waals surface area contributed by atoms with Gasteiger partial charge in [-0.05, 0) is 37.7 Å². The van der Waals surface area contributed by atoms with Gasteiger partial charge in [-0.2, -0.15) is 0 Å². The van der Waals surface area contributed by atoms with Crippen LogP contribution in [0.25, 0.3) is 0 Å².